The van der Waals surface area contributed by atoms with Crippen LogP contribution in [0.2, 0.25) is 5.02 Å². The minimum atomic E-state index is -3.82. The van der Waals surface area contributed by atoms with Crippen LogP contribution in [0.5, 0.6) is 5.75 Å². The molecule has 35 heavy (non-hydrogen) atoms. The van der Waals surface area contributed by atoms with Crippen LogP contribution in [0.15, 0.2) is 48.5 Å². The molecule has 2 aromatic carbocycles. The summed E-state index contributed by atoms with van der Waals surface area (Å²) in [6, 6.07) is 12.7. The zero-order valence-electron chi connectivity index (χ0n) is 20.8. The van der Waals surface area contributed by atoms with E-state index in [4.69, 9.17) is 16.3 Å². The minimum absolute atomic E-state index is 0.0574. The molecule has 2 amide bonds. The Bertz CT molecular complexity index is 1120. The smallest absolute Gasteiger partial charge is 0.244 e. The second kappa shape index (κ2) is 12.8. The average Bonchev–Trinajstić information content (AvgIpc) is 2.81. The second-order valence-electron chi connectivity index (χ2n) is 8.65. The third-order valence-corrected chi connectivity index (χ3v) is 6.90. The molecule has 0 aliphatic rings. The Kier molecular flexibility index (Phi) is 10.4. The first kappa shape index (κ1) is 28.5. The van der Waals surface area contributed by atoms with Crippen LogP contribution in [0.1, 0.15) is 32.8 Å². The van der Waals surface area contributed by atoms with Gasteiger partial charge in [-0.3, -0.25) is 13.9 Å². The van der Waals surface area contributed by atoms with E-state index in [1.807, 2.05) is 20.8 Å². The molecule has 192 valence electrons. The quantitative estimate of drug-likeness (QED) is 0.457. The van der Waals surface area contributed by atoms with E-state index in [0.29, 0.717) is 29.3 Å². The highest BCUT2D eigenvalue weighted by Gasteiger charge is 2.32. The molecule has 0 bridgehead atoms. The van der Waals surface area contributed by atoms with Gasteiger partial charge in [0.1, 0.15) is 18.3 Å². The van der Waals surface area contributed by atoms with E-state index in [1.54, 1.807) is 48.5 Å². The summed E-state index contributed by atoms with van der Waals surface area (Å²) in [6.07, 6.45) is 1.38. The molecule has 0 fully saturated rings. The average molecular weight is 524 g/mol. The molecular weight excluding hydrogens is 490 g/mol. The standard InChI is InChI=1S/C25H34ClN3O5S/c1-6-23(25(31)27-15-18(2)3)28(16-19-10-7-8-13-22(19)26)24(30)17-29(35(5,32)33)20-11-9-12-21(14-20)34-4/h7-14,18,23H,6,15-17H2,1-5H3,(H,27,31). The first-order chi connectivity index (χ1) is 16.5. The van der Waals surface area contributed by atoms with Crippen molar-refractivity contribution >= 4 is 39.1 Å². The summed E-state index contributed by atoms with van der Waals surface area (Å²) in [5.41, 5.74) is 0.945. The topological polar surface area (TPSA) is 96.0 Å². The van der Waals surface area contributed by atoms with Gasteiger partial charge in [0.05, 0.1) is 19.1 Å². The summed E-state index contributed by atoms with van der Waals surface area (Å²) in [6.45, 7) is 5.80. The molecule has 8 nitrogen and oxygen atoms in total. The number of ether oxygens (including phenoxy) is 1. The lowest BCUT2D eigenvalue weighted by Gasteiger charge is -2.33. The van der Waals surface area contributed by atoms with Crippen molar-refractivity contribution in [2.24, 2.45) is 5.92 Å². The van der Waals surface area contributed by atoms with Crippen molar-refractivity contribution in [1.82, 2.24) is 10.2 Å². The highest BCUT2D eigenvalue weighted by Crippen LogP contribution is 2.25. The summed E-state index contributed by atoms with van der Waals surface area (Å²) in [5.74, 6) is -0.132. The number of nitrogens with zero attached hydrogens (tertiary/aromatic N) is 2. The number of halogens is 1. The number of carbonyl (C=O) groups is 2. The second-order valence-corrected chi connectivity index (χ2v) is 11.0. The summed E-state index contributed by atoms with van der Waals surface area (Å²) in [5, 5.41) is 3.34. The third-order valence-electron chi connectivity index (χ3n) is 5.39. The predicted molar refractivity (Wildman–Crippen MR) is 139 cm³/mol. The molecule has 0 radical (unpaired) electrons. The number of carbonyl (C=O) groups excluding carboxylic acids is 2. The van der Waals surface area contributed by atoms with Crippen molar-refractivity contribution in [3.63, 3.8) is 0 Å². The summed E-state index contributed by atoms with van der Waals surface area (Å²) in [4.78, 5) is 28.1. The van der Waals surface area contributed by atoms with E-state index < -0.39 is 28.5 Å². The Morgan fingerprint density at radius 1 is 1.11 bits per heavy atom. The van der Waals surface area contributed by atoms with Crippen LogP contribution in [0.3, 0.4) is 0 Å². The maximum absolute atomic E-state index is 13.7. The fourth-order valence-electron chi connectivity index (χ4n) is 3.53. The molecule has 0 heterocycles. The van der Waals surface area contributed by atoms with Crippen LogP contribution in [-0.2, 0) is 26.2 Å². The number of sulfonamides is 1. The zero-order chi connectivity index (χ0) is 26.2. The lowest BCUT2D eigenvalue weighted by atomic mass is 10.1. The van der Waals surface area contributed by atoms with Gasteiger partial charge in [0, 0.05) is 24.2 Å². The molecule has 0 aliphatic carbocycles. The van der Waals surface area contributed by atoms with Crippen molar-refractivity contribution < 1.29 is 22.7 Å². The monoisotopic (exact) mass is 523 g/mol. The zero-order valence-corrected chi connectivity index (χ0v) is 22.4. The largest absolute Gasteiger partial charge is 0.497 e. The first-order valence-electron chi connectivity index (χ1n) is 11.4. The van der Waals surface area contributed by atoms with Gasteiger partial charge in [-0.2, -0.15) is 0 Å². The Morgan fingerprint density at radius 3 is 2.37 bits per heavy atom. The number of nitrogens with one attached hydrogen (secondary N) is 1. The van der Waals surface area contributed by atoms with Gasteiger partial charge in [-0.05, 0) is 36.1 Å². The van der Waals surface area contributed by atoms with Crippen LogP contribution < -0.4 is 14.4 Å². The maximum Gasteiger partial charge on any atom is 0.244 e. The van der Waals surface area contributed by atoms with E-state index in [-0.39, 0.29) is 24.1 Å². The van der Waals surface area contributed by atoms with E-state index in [9.17, 15) is 18.0 Å². The number of anilines is 1. The lowest BCUT2D eigenvalue weighted by molar-refractivity contribution is -0.140. The van der Waals surface area contributed by atoms with Crippen molar-refractivity contribution in [3.8, 4) is 5.75 Å². The van der Waals surface area contributed by atoms with Crippen LogP contribution in [0, 0.1) is 5.92 Å². The van der Waals surface area contributed by atoms with Crippen LogP contribution >= 0.6 is 11.6 Å². The number of rotatable bonds is 12. The normalized spacial score (nSPS) is 12.2. The fraction of sp³-hybridized carbons (Fsp3) is 0.440. The number of amides is 2. The molecule has 10 heteroatoms. The molecule has 0 aliphatic heterocycles. The number of hydrogen-bond acceptors (Lipinski definition) is 5. The third kappa shape index (κ3) is 8.14. The van der Waals surface area contributed by atoms with Crippen molar-refractivity contribution in [2.75, 3.05) is 30.8 Å². The van der Waals surface area contributed by atoms with Gasteiger partial charge in [-0.25, -0.2) is 8.42 Å². The van der Waals surface area contributed by atoms with E-state index in [2.05, 4.69) is 5.32 Å². The Morgan fingerprint density at radius 2 is 1.80 bits per heavy atom. The number of hydrogen-bond donors (Lipinski definition) is 1. The molecule has 2 rings (SSSR count). The molecule has 2 aromatic rings. The van der Waals surface area contributed by atoms with Crippen LogP contribution in [-0.4, -0.2) is 57.6 Å². The van der Waals surface area contributed by atoms with Crippen molar-refractivity contribution in [3.05, 3.63) is 59.1 Å². The van der Waals surface area contributed by atoms with Gasteiger partial charge in [0.15, 0.2) is 0 Å². The molecule has 0 aromatic heterocycles. The van der Waals surface area contributed by atoms with Crippen LogP contribution in [0.25, 0.3) is 0 Å². The Balaban J connectivity index is 2.45. The van der Waals surface area contributed by atoms with E-state index >= 15 is 0 Å². The molecule has 0 spiro atoms. The van der Waals surface area contributed by atoms with Gasteiger partial charge in [0.2, 0.25) is 21.8 Å². The van der Waals surface area contributed by atoms with Crippen molar-refractivity contribution in [2.45, 2.75) is 39.8 Å². The van der Waals surface area contributed by atoms with E-state index in [0.717, 1.165) is 10.6 Å². The minimum Gasteiger partial charge on any atom is -0.497 e. The molecule has 0 saturated heterocycles. The first-order valence-corrected chi connectivity index (χ1v) is 13.6. The Hall–Kier alpha value is -2.78. The highest BCUT2D eigenvalue weighted by atomic mass is 35.5. The molecule has 1 atom stereocenters. The lowest BCUT2D eigenvalue weighted by Crippen LogP contribution is -2.52. The Labute approximate surface area is 213 Å². The van der Waals surface area contributed by atoms with Gasteiger partial charge < -0.3 is 15.0 Å². The van der Waals surface area contributed by atoms with Gasteiger partial charge >= 0.3 is 0 Å². The van der Waals surface area contributed by atoms with Gasteiger partial charge in [-0.1, -0.05) is 56.6 Å². The summed E-state index contributed by atoms with van der Waals surface area (Å²) in [7, 11) is -2.35. The summed E-state index contributed by atoms with van der Waals surface area (Å²) < 4.78 is 31.6. The van der Waals surface area contributed by atoms with E-state index in [1.165, 1.54) is 12.0 Å². The number of methoxy groups -OCH3 is 1. The maximum atomic E-state index is 13.7. The summed E-state index contributed by atoms with van der Waals surface area (Å²) >= 11 is 6.35. The molecule has 1 unspecified atom stereocenters. The van der Waals surface area contributed by atoms with Crippen LogP contribution in [0.4, 0.5) is 5.69 Å². The number of benzene rings is 2. The molecular formula is C25H34ClN3O5S. The van der Waals surface area contributed by atoms with Gasteiger partial charge in [-0.15, -0.1) is 0 Å². The fourth-order valence-corrected chi connectivity index (χ4v) is 4.57. The molecule has 0 saturated carbocycles. The predicted octanol–water partition coefficient (Wildman–Crippen LogP) is 3.69. The molecule has 1 N–H and O–H groups in total. The van der Waals surface area contributed by atoms with Crippen molar-refractivity contribution in [1.29, 1.82) is 0 Å². The SMILES string of the molecule is CCC(C(=O)NCC(C)C)N(Cc1ccccc1Cl)C(=O)CN(c1cccc(OC)c1)S(C)(=O)=O. The van der Waals surface area contributed by atoms with Gasteiger partial charge in [0.25, 0.3) is 0 Å². The highest BCUT2D eigenvalue weighted by molar-refractivity contribution is 7.92.